The van der Waals surface area contributed by atoms with Crippen LogP contribution >= 0.6 is 11.8 Å². The van der Waals surface area contributed by atoms with E-state index >= 15 is 0 Å². The Morgan fingerprint density at radius 2 is 2.09 bits per heavy atom. The summed E-state index contributed by atoms with van der Waals surface area (Å²) in [4.78, 5) is 21.9. The highest BCUT2D eigenvalue weighted by Gasteiger charge is 2.15. The van der Waals surface area contributed by atoms with Crippen molar-refractivity contribution in [2.75, 3.05) is 45.0 Å². The number of ether oxygens (including phenoxy) is 2. The van der Waals surface area contributed by atoms with Crippen molar-refractivity contribution >= 4 is 34.5 Å². The number of hydrogen-bond acceptors (Lipinski definition) is 9. The maximum absolute atomic E-state index is 12.7. The van der Waals surface area contributed by atoms with Crippen LogP contribution in [0, 0.1) is 0 Å². The molecule has 3 N–H and O–H groups in total. The van der Waals surface area contributed by atoms with E-state index in [2.05, 4.69) is 42.8 Å². The van der Waals surface area contributed by atoms with E-state index in [1.807, 2.05) is 24.3 Å². The third kappa shape index (κ3) is 5.89. The number of thioether (sulfide) groups is 1. The minimum atomic E-state index is -0.248. The van der Waals surface area contributed by atoms with Gasteiger partial charge in [-0.25, -0.2) is 14.6 Å². The number of nitrogens with zero attached hydrogens (tertiary/aromatic N) is 5. The average Bonchev–Trinajstić information content (AvgIpc) is 3.53. The predicted octanol–water partition coefficient (Wildman–Crippen LogP) is 2.83. The van der Waals surface area contributed by atoms with Gasteiger partial charge in [0, 0.05) is 25.8 Å². The number of benzene rings is 1. The Morgan fingerprint density at radius 3 is 2.89 bits per heavy atom. The molecule has 184 valence electrons. The lowest BCUT2D eigenvalue weighted by Gasteiger charge is -2.09. The fourth-order valence-corrected chi connectivity index (χ4v) is 4.00. The molecule has 4 aromatic rings. The van der Waals surface area contributed by atoms with Crippen molar-refractivity contribution in [3.05, 3.63) is 42.2 Å². The molecule has 1 aromatic carbocycles. The zero-order chi connectivity index (χ0) is 24.6. The monoisotopic (exact) mass is 496 g/mol. The van der Waals surface area contributed by atoms with Crippen LogP contribution in [-0.4, -0.2) is 75.5 Å². The average molecular weight is 497 g/mol. The Morgan fingerprint density at radius 1 is 1.20 bits per heavy atom. The Bertz CT molecular complexity index is 1290. The van der Waals surface area contributed by atoms with Gasteiger partial charge in [-0.1, -0.05) is 30.8 Å². The molecule has 0 bridgehead atoms. The first-order valence-electron chi connectivity index (χ1n) is 11.2. The third-order valence-electron chi connectivity index (χ3n) is 5.14. The molecule has 0 radical (unpaired) electrons. The summed E-state index contributed by atoms with van der Waals surface area (Å²) < 4.78 is 12.2. The van der Waals surface area contributed by atoms with Crippen LogP contribution in [0.3, 0.4) is 0 Å². The van der Waals surface area contributed by atoms with E-state index in [1.165, 1.54) is 0 Å². The van der Waals surface area contributed by atoms with Crippen molar-refractivity contribution in [1.29, 1.82) is 0 Å². The molecule has 0 atom stereocenters. The second-order valence-corrected chi connectivity index (χ2v) is 8.70. The Kier molecular flexibility index (Phi) is 8.16. The standard InChI is InChI=1S/C23H28N8O3S/c1-4-35-23-27-20(24-9-11-33-2)17-14-26-31(21(17)28-23)10-8-25-22(32)19-13-18(29-30-19)15-6-5-7-16(12-15)34-3/h5-7,12-14H,4,8-11H2,1-3H3,(H,25,32)(H,29,30)(H,24,27,28). The number of methoxy groups -OCH3 is 2. The SMILES string of the molecule is CCSc1nc(NCCOC)c2cnn(CCNC(=O)c3cc(-c4cccc(OC)c4)n[nH]3)c2n1. The van der Waals surface area contributed by atoms with Crippen molar-refractivity contribution in [3.8, 4) is 17.0 Å². The van der Waals surface area contributed by atoms with Gasteiger partial charge in [0.25, 0.3) is 5.91 Å². The van der Waals surface area contributed by atoms with Gasteiger partial charge in [-0.15, -0.1) is 0 Å². The zero-order valence-electron chi connectivity index (χ0n) is 19.9. The van der Waals surface area contributed by atoms with Crippen molar-refractivity contribution in [1.82, 2.24) is 35.3 Å². The maximum Gasteiger partial charge on any atom is 0.269 e. The number of rotatable bonds is 12. The quantitative estimate of drug-likeness (QED) is 0.154. The lowest BCUT2D eigenvalue weighted by molar-refractivity contribution is 0.0947. The highest BCUT2D eigenvalue weighted by molar-refractivity contribution is 7.99. The summed E-state index contributed by atoms with van der Waals surface area (Å²) in [5.41, 5.74) is 2.62. The first kappa shape index (κ1) is 24.5. The van der Waals surface area contributed by atoms with Crippen molar-refractivity contribution in [3.63, 3.8) is 0 Å². The van der Waals surface area contributed by atoms with Crippen LogP contribution in [0.15, 0.2) is 41.7 Å². The lowest BCUT2D eigenvalue weighted by Crippen LogP contribution is -2.27. The van der Waals surface area contributed by atoms with Gasteiger partial charge in [-0.05, 0) is 24.0 Å². The number of fused-ring (bicyclic) bond motifs is 1. The van der Waals surface area contributed by atoms with Crippen LogP contribution in [0.1, 0.15) is 17.4 Å². The van der Waals surface area contributed by atoms with Gasteiger partial charge < -0.3 is 20.1 Å². The smallest absolute Gasteiger partial charge is 0.269 e. The summed E-state index contributed by atoms with van der Waals surface area (Å²) in [6, 6.07) is 9.23. The maximum atomic E-state index is 12.7. The van der Waals surface area contributed by atoms with Gasteiger partial charge in [0.2, 0.25) is 0 Å². The number of anilines is 1. The highest BCUT2D eigenvalue weighted by Crippen LogP contribution is 2.24. The van der Waals surface area contributed by atoms with Crippen molar-refractivity contribution in [2.45, 2.75) is 18.6 Å². The number of aromatic amines is 1. The summed E-state index contributed by atoms with van der Waals surface area (Å²) in [5, 5.41) is 19.2. The third-order valence-corrected chi connectivity index (χ3v) is 5.87. The molecule has 0 aliphatic carbocycles. The molecule has 0 unspecified atom stereocenters. The fourth-order valence-electron chi connectivity index (χ4n) is 3.44. The zero-order valence-corrected chi connectivity index (χ0v) is 20.7. The van der Waals surface area contributed by atoms with E-state index in [-0.39, 0.29) is 5.91 Å². The number of H-pyrrole nitrogens is 1. The molecular formula is C23H28N8O3S. The lowest BCUT2D eigenvalue weighted by atomic mass is 10.1. The van der Waals surface area contributed by atoms with Gasteiger partial charge in [-0.3, -0.25) is 9.89 Å². The fraction of sp³-hybridized carbons (Fsp3) is 0.348. The van der Waals surface area contributed by atoms with Crippen LogP contribution in [0.4, 0.5) is 5.82 Å². The minimum Gasteiger partial charge on any atom is -0.497 e. The second kappa shape index (κ2) is 11.7. The van der Waals surface area contributed by atoms with Gasteiger partial charge in [-0.2, -0.15) is 10.2 Å². The summed E-state index contributed by atoms with van der Waals surface area (Å²) in [6.45, 7) is 4.07. The molecule has 3 aromatic heterocycles. The Hall–Kier alpha value is -3.64. The number of hydrogen-bond donors (Lipinski definition) is 3. The van der Waals surface area contributed by atoms with E-state index in [1.54, 1.807) is 42.9 Å². The molecule has 35 heavy (non-hydrogen) atoms. The van der Waals surface area contributed by atoms with E-state index in [4.69, 9.17) is 9.47 Å². The topological polar surface area (TPSA) is 132 Å². The number of nitrogens with one attached hydrogen (secondary N) is 3. The molecule has 12 heteroatoms. The number of carbonyl (C=O) groups excluding carboxylic acids is 1. The molecule has 0 aliphatic rings. The molecule has 1 amide bonds. The summed E-state index contributed by atoms with van der Waals surface area (Å²) in [6.07, 6.45) is 1.74. The van der Waals surface area contributed by atoms with Crippen LogP contribution in [-0.2, 0) is 11.3 Å². The minimum absolute atomic E-state index is 0.248. The molecule has 0 saturated heterocycles. The van der Waals surface area contributed by atoms with E-state index < -0.39 is 0 Å². The first-order chi connectivity index (χ1) is 17.1. The Balaban J connectivity index is 1.42. The van der Waals surface area contributed by atoms with Gasteiger partial charge >= 0.3 is 0 Å². The summed E-state index contributed by atoms with van der Waals surface area (Å²) >= 11 is 1.56. The van der Waals surface area contributed by atoms with Crippen molar-refractivity contribution in [2.24, 2.45) is 0 Å². The first-order valence-corrected chi connectivity index (χ1v) is 12.2. The van der Waals surface area contributed by atoms with Gasteiger partial charge in [0.05, 0.1) is 37.5 Å². The summed E-state index contributed by atoms with van der Waals surface area (Å²) in [5.74, 6) is 2.06. The number of aromatic nitrogens is 6. The second-order valence-electron chi connectivity index (χ2n) is 7.47. The molecule has 0 fully saturated rings. The molecule has 0 aliphatic heterocycles. The molecule has 11 nitrogen and oxygen atoms in total. The van der Waals surface area contributed by atoms with E-state index in [0.29, 0.717) is 48.4 Å². The van der Waals surface area contributed by atoms with Crippen LogP contribution < -0.4 is 15.4 Å². The molecule has 0 saturated carbocycles. The largest absolute Gasteiger partial charge is 0.497 e. The highest BCUT2D eigenvalue weighted by atomic mass is 32.2. The number of carbonyl (C=O) groups is 1. The number of amides is 1. The van der Waals surface area contributed by atoms with Crippen LogP contribution in [0.5, 0.6) is 5.75 Å². The van der Waals surface area contributed by atoms with E-state index in [0.717, 1.165) is 28.3 Å². The molecule has 3 heterocycles. The molecule has 4 rings (SSSR count). The normalized spacial score (nSPS) is 11.1. The molecular weight excluding hydrogens is 468 g/mol. The van der Waals surface area contributed by atoms with Crippen molar-refractivity contribution < 1.29 is 14.3 Å². The van der Waals surface area contributed by atoms with Gasteiger partial charge in [0.15, 0.2) is 10.8 Å². The van der Waals surface area contributed by atoms with Gasteiger partial charge in [0.1, 0.15) is 17.3 Å². The van der Waals surface area contributed by atoms with E-state index in [9.17, 15) is 4.79 Å². The molecule has 0 spiro atoms. The predicted molar refractivity (Wildman–Crippen MR) is 135 cm³/mol. The van der Waals surface area contributed by atoms with Crippen LogP contribution in [0.25, 0.3) is 22.3 Å². The Labute approximate surface area is 207 Å². The van der Waals surface area contributed by atoms with Crippen LogP contribution in [0.2, 0.25) is 0 Å². The summed E-state index contributed by atoms with van der Waals surface area (Å²) in [7, 11) is 3.27.